The van der Waals surface area contributed by atoms with Crippen LogP contribution in [0, 0.1) is 11.8 Å². The number of rotatable bonds is 10. The van der Waals surface area contributed by atoms with Crippen molar-refractivity contribution in [1.29, 1.82) is 0 Å². The number of nitrogens with one attached hydrogen (secondary N) is 2. The Kier molecular flexibility index (Phi) is 9.33. The first-order chi connectivity index (χ1) is 12.7. The van der Waals surface area contributed by atoms with E-state index in [-0.39, 0.29) is 18.4 Å². The third kappa shape index (κ3) is 8.11. The number of amides is 2. The molecule has 0 spiro atoms. The predicted molar refractivity (Wildman–Crippen MR) is 102 cm³/mol. The summed E-state index contributed by atoms with van der Waals surface area (Å²) in [5, 5.41) is 14.4. The molecular weight excluding hydrogens is 348 g/mol. The smallest absolute Gasteiger partial charge is 0.408 e. The second-order valence-corrected chi connectivity index (χ2v) is 7.10. The topological polar surface area (TPSA) is 105 Å². The van der Waals surface area contributed by atoms with Gasteiger partial charge in [0.25, 0.3) is 0 Å². The summed E-state index contributed by atoms with van der Waals surface area (Å²) in [4.78, 5) is 36.1. The van der Waals surface area contributed by atoms with Gasteiger partial charge in [-0.15, -0.1) is 0 Å². The lowest BCUT2D eigenvalue weighted by molar-refractivity contribution is -0.143. The summed E-state index contributed by atoms with van der Waals surface area (Å²) in [5.74, 6) is -1.71. The molecule has 0 saturated heterocycles. The molecule has 1 aromatic carbocycles. The monoisotopic (exact) mass is 378 g/mol. The van der Waals surface area contributed by atoms with Crippen LogP contribution in [0.3, 0.4) is 0 Å². The van der Waals surface area contributed by atoms with Crippen molar-refractivity contribution in [2.24, 2.45) is 11.8 Å². The highest BCUT2D eigenvalue weighted by atomic mass is 16.5. The third-order valence-corrected chi connectivity index (χ3v) is 4.31. The second-order valence-electron chi connectivity index (χ2n) is 7.10. The Morgan fingerprint density at radius 1 is 1.07 bits per heavy atom. The first-order valence-electron chi connectivity index (χ1n) is 9.24. The van der Waals surface area contributed by atoms with E-state index in [2.05, 4.69) is 10.6 Å². The third-order valence-electron chi connectivity index (χ3n) is 4.31. The number of alkyl carbamates (subject to hydrolysis) is 1. The van der Waals surface area contributed by atoms with Crippen LogP contribution in [0.2, 0.25) is 0 Å². The minimum absolute atomic E-state index is 0.0906. The van der Waals surface area contributed by atoms with Crippen LogP contribution in [0.1, 0.15) is 46.1 Å². The van der Waals surface area contributed by atoms with Crippen LogP contribution in [0.15, 0.2) is 30.3 Å². The number of aliphatic carboxylic acids is 1. The summed E-state index contributed by atoms with van der Waals surface area (Å²) < 4.78 is 5.16. The van der Waals surface area contributed by atoms with Gasteiger partial charge in [0, 0.05) is 0 Å². The Morgan fingerprint density at radius 3 is 2.22 bits per heavy atom. The van der Waals surface area contributed by atoms with E-state index >= 15 is 0 Å². The summed E-state index contributed by atoms with van der Waals surface area (Å²) in [7, 11) is 0. The van der Waals surface area contributed by atoms with Crippen LogP contribution in [0.25, 0.3) is 0 Å². The fourth-order valence-electron chi connectivity index (χ4n) is 2.55. The summed E-state index contributed by atoms with van der Waals surface area (Å²) in [6.07, 6.45) is 0.271. The lowest BCUT2D eigenvalue weighted by Gasteiger charge is -2.25. The molecule has 0 unspecified atom stereocenters. The zero-order chi connectivity index (χ0) is 20.4. The lowest BCUT2D eigenvalue weighted by atomic mass is 9.97. The van der Waals surface area contributed by atoms with Crippen molar-refractivity contribution in [3.63, 3.8) is 0 Å². The minimum Gasteiger partial charge on any atom is -0.480 e. The van der Waals surface area contributed by atoms with Crippen LogP contribution in [0.4, 0.5) is 4.79 Å². The van der Waals surface area contributed by atoms with Crippen molar-refractivity contribution in [3.05, 3.63) is 35.9 Å². The van der Waals surface area contributed by atoms with Crippen LogP contribution in [0.5, 0.6) is 0 Å². The molecular formula is C20H30N2O5. The largest absolute Gasteiger partial charge is 0.480 e. The van der Waals surface area contributed by atoms with Gasteiger partial charge >= 0.3 is 12.1 Å². The first kappa shape index (κ1) is 22.5. The number of carboxylic acids is 1. The molecule has 27 heavy (non-hydrogen) atoms. The van der Waals surface area contributed by atoms with Crippen molar-refractivity contribution in [2.45, 2.75) is 59.2 Å². The van der Waals surface area contributed by atoms with E-state index in [0.29, 0.717) is 12.8 Å². The molecule has 0 aliphatic carbocycles. The molecule has 1 aromatic rings. The highest BCUT2D eigenvalue weighted by Crippen LogP contribution is 2.11. The average Bonchev–Trinajstić information content (AvgIpc) is 2.63. The first-order valence-corrected chi connectivity index (χ1v) is 9.24. The van der Waals surface area contributed by atoms with Crippen LogP contribution < -0.4 is 10.6 Å². The van der Waals surface area contributed by atoms with Gasteiger partial charge in [-0.1, -0.05) is 64.4 Å². The molecule has 3 atom stereocenters. The molecule has 0 radical (unpaired) electrons. The Morgan fingerprint density at radius 2 is 1.70 bits per heavy atom. The Balaban J connectivity index is 2.71. The van der Waals surface area contributed by atoms with Gasteiger partial charge in [-0.05, 0) is 23.8 Å². The number of carboxylic acid groups (broad SMARTS) is 1. The van der Waals surface area contributed by atoms with E-state index in [9.17, 15) is 19.5 Å². The van der Waals surface area contributed by atoms with Gasteiger partial charge in [0.1, 0.15) is 18.7 Å². The summed E-state index contributed by atoms with van der Waals surface area (Å²) in [6.45, 7) is 7.55. The molecule has 0 aliphatic heterocycles. The number of benzene rings is 1. The lowest BCUT2D eigenvalue weighted by Crippen LogP contribution is -2.53. The Labute approximate surface area is 160 Å². The highest BCUT2D eigenvalue weighted by molar-refractivity contribution is 5.89. The Bertz CT molecular complexity index is 618. The fourth-order valence-corrected chi connectivity index (χ4v) is 2.55. The van der Waals surface area contributed by atoms with E-state index in [4.69, 9.17) is 4.74 Å². The second kappa shape index (κ2) is 11.2. The van der Waals surface area contributed by atoms with E-state index in [1.165, 1.54) is 0 Å². The van der Waals surface area contributed by atoms with Gasteiger partial charge < -0.3 is 20.5 Å². The van der Waals surface area contributed by atoms with E-state index in [0.717, 1.165) is 5.56 Å². The maximum absolute atomic E-state index is 12.6. The van der Waals surface area contributed by atoms with Crippen LogP contribution >= 0.6 is 0 Å². The minimum atomic E-state index is -1.09. The molecule has 0 aromatic heterocycles. The molecule has 3 N–H and O–H groups in total. The van der Waals surface area contributed by atoms with Crippen LogP contribution in [-0.4, -0.2) is 35.2 Å². The summed E-state index contributed by atoms with van der Waals surface area (Å²) >= 11 is 0. The SMILES string of the molecule is CC[C@H](C)[C@@H](NC(=O)[C@@H](CC(C)C)NC(=O)OCc1ccccc1)C(=O)O. The molecule has 0 saturated carbocycles. The summed E-state index contributed by atoms with van der Waals surface area (Å²) in [6, 6.07) is 7.34. The normalized spacial score (nSPS) is 14.1. The average molecular weight is 378 g/mol. The quantitative estimate of drug-likeness (QED) is 0.581. The number of hydrogen-bond acceptors (Lipinski definition) is 4. The van der Waals surface area contributed by atoms with Crippen molar-refractivity contribution in [2.75, 3.05) is 0 Å². The van der Waals surface area contributed by atoms with Crippen LogP contribution in [-0.2, 0) is 20.9 Å². The van der Waals surface area contributed by atoms with Gasteiger partial charge in [0.2, 0.25) is 5.91 Å². The van der Waals surface area contributed by atoms with Gasteiger partial charge in [0.05, 0.1) is 0 Å². The van der Waals surface area contributed by atoms with Gasteiger partial charge in [-0.25, -0.2) is 9.59 Å². The van der Waals surface area contributed by atoms with E-state index in [1.54, 1.807) is 6.92 Å². The van der Waals surface area contributed by atoms with E-state index in [1.807, 2.05) is 51.1 Å². The zero-order valence-corrected chi connectivity index (χ0v) is 16.4. The maximum Gasteiger partial charge on any atom is 0.408 e. The van der Waals surface area contributed by atoms with E-state index < -0.39 is 30.1 Å². The Hall–Kier alpha value is -2.57. The number of carbonyl (C=O) groups is 3. The van der Waals surface area contributed by atoms with Crippen molar-refractivity contribution in [1.82, 2.24) is 10.6 Å². The van der Waals surface area contributed by atoms with Crippen molar-refractivity contribution in [3.8, 4) is 0 Å². The van der Waals surface area contributed by atoms with Crippen molar-refractivity contribution >= 4 is 18.0 Å². The molecule has 0 aliphatic rings. The molecule has 0 heterocycles. The number of hydrogen-bond donors (Lipinski definition) is 3. The number of ether oxygens (including phenoxy) is 1. The highest BCUT2D eigenvalue weighted by Gasteiger charge is 2.30. The maximum atomic E-state index is 12.6. The molecule has 150 valence electrons. The summed E-state index contributed by atoms with van der Waals surface area (Å²) in [5.41, 5.74) is 0.834. The molecule has 2 amide bonds. The van der Waals surface area contributed by atoms with Crippen molar-refractivity contribution < 1.29 is 24.2 Å². The molecule has 0 fully saturated rings. The fraction of sp³-hybridized carbons (Fsp3) is 0.550. The zero-order valence-electron chi connectivity index (χ0n) is 16.4. The van der Waals surface area contributed by atoms with Gasteiger partial charge in [-0.2, -0.15) is 0 Å². The molecule has 7 heteroatoms. The van der Waals surface area contributed by atoms with Gasteiger partial charge in [0.15, 0.2) is 0 Å². The molecule has 1 rings (SSSR count). The molecule has 0 bridgehead atoms. The van der Waals surface area contributed by atoms with Gasteiger partial charge in [-0.3, -0.25) is 4.79 Å². The molecule has 7 nitrogen and oxygen atoms in total. The standard InChI is InChI=1S/C20H30N2O5/c1-5-14(4)17(19(24)25)22-18(23)16(11-13(2)3)21-20(26)27-12-15-9-7-6-8-10-15/h6-10,13-14,16-17H,5,11-12H2,1-4H3,(H,21,26)(H,22,23)(H,24,25)/t14-,16+,17+/m0/s1. The number of carbonyl (C=O) groups excluding carboxylic acids is 2. The predicted octanol–water partition coefficient (Wildman–Crippen LogP) is 2.94.